The molecule has 0 spiro atoms. The Morgan fingerprint density at radius 3 is 2.39 bits per heavy atom. The first-order valence-electron chi connectivity index (χ1n) is 12.2. The zero-order valence-electron chi connectivity index (χ0n) is 19.6. The lowest BCUT2D eigenvalue weighted by Gasteiger charge is -2.64. The molecule has 0 saturated heterocycles. The summed E-state index contributed by atoms with van der Waals surface area (Å²) in [5.74, 6) is 0.408. The first kappa shape index (κ1) is 23.0. The number of carbonyl (C=O) groups excluding carboxylic acids is 2. The number of hydrogen-bond donors (Lipinski definition) is 2. The molecule has 4 aliphatic rings. The highest BCUT2D eigenvalue weighted by Crippen LogP contribution is 2.69. The summed E-state index contributed by atoms with van der Waals surface area (Å²) in [6.45, 7) is 7.38. The summed E-state index contributed by atoms with van der Waals surface area (Å²) < 4.78 is 11.2. The topological polar surface area (TPSA) is 93.1 Å². The summed E-state index contributed by atoms with van der Waals surface area (Å²) in [5.41, 5.74) is -1.21. The molecule has 176 valence electrons. The molecule has 0 amide bonds. The van der Waals surface area contributed by atoms with Gasteiger partial charge in [-0.15, -0.1) is 0 Å². The average molecular weight is 437 g/mol. The highest BCUT2D eigenvalue weighted by molar-refractivity contribution is 5.66. The molecule has 0 aliphatic heterocycles. The van der Waals surface area contributed by atoms with Crippen molar-refractivity contribution in [2.75, 3.05) is 6.61 Å². The van der Waals surface area contributed by atoms with Gasteiger partial charge >= 0.3 is 11.9 Å². The van der Waals surface area contributed by atoms with Gasteiger partial charge in [-0.2, -0.15) is 0 Å². The lowest BCUT2D eigenvalue weighted by molar-refractivity contribution is -0.229. The van der Waals surface area contributed by atoms with E-state index in [0.29, 0.717) is 12.5 Å². The third kappa shape index (κ3) is 3.52. The van der Waals surface area contributed by atoms with Crippen LogP contribution in [0.15, 0.2) is 0 Å². The van der Waals surface area contributed by atoms with E-state index >= 15 is 0 Å². The molecule has 4 rings (SSSR count). The van der Waals surface area contributed by atoms with Crippen LogP contribution in [0.5, 0.6) is 0 Å². The molecule has 0 aromatic rings. The summed E-state index contributed by atoms with van der Waals surface area (Å²) >= 11 is 0. The van der Waals surface area contributed by atoms with Gasteiger partial charge in [-0.05, 0) is 88.4 Å². The van der Waals surface area contributed by atoms with Crippen LogP contribution >= 0.6 is 0 Å². The standard InChI is InChI=1S/C25H40O6/c1-15(26)20-9-12-25(29)22-6-5-18-13-19(31-17(3)28)7-11-24(18,14-30-16(2)27)21(22)8-10-23(20,25)4/h15,18-22,26,29H,5-14H2,1-4H3/t15-,18-,19-,20+,21-,22+,23+,24+,25-/m0/s1. The molecule has 4 fully saturated rings. The zero-order valence-corrected chi connectivity index (χ0v) is 19.6. The van der Waals surface area contributed by atoms with Gasteiger partial charge in [0, 0.05) is 24.7 Å². The third-order valence-corrected chi connectivity index (χ3v) is 10.0. The third-order valence-electron chi connectivity index (χ3n) is 10.0. The van der Waals surface area contributed by atoms with Crippen molar-refractivity contribution in [1.82, 2.24) is 0 Å². The number of ether oxygens (including phenoxy) is 2. The first-order valence-corrected chi connectivity index (χ1v) is 12.2. The number of aliphatic hydroxyl groups is 2. The van der Waals surface area contributed by atoms with Gasteiger partial charge in [0.2, 0.25) is 0 Å². The Morgan fingerprint density at radius 2 is 1.74 bits per heavy atom. The van der Waals surface area contributed by atoms with Crippen LogP contribution in [0.1, 0.15) is 85.5 Å². The molecule has 2 N–H and O–H groups in total. The van der Waals surface area contributed by atoms with Crippen LogP contribution in [-0.4, -0.2) is 46.6 Å². The SMILES string of the molecule is CC(=O)OC[C@]12CC[C@H](OC(C)=O)C[C@@H]1CC[C@@H]1[C@@H]2CC[C@]2(C)[C@@H]([C@H](C)O)CC[C@]12O. The van der Waals surface area contributed by atoms with Gasteiger partial charge in [0.25, 0.3) is 0 Å². The number of carbonyl (C=O) groups is 2. The minimum absolute atomic E-state index is 0.0625. The zero-order chi connectivity index (χ0) is 22.6. The Labute approximate surface area is 186 Å². The monoisotopic (exact) mass is 436 g/mol. The maximum Gasteiger partial charge on any atom is 0.302 e. The molecule has 0 bridgehead atoms. The van der Waals surface area contributed by atoms with E-state index in [1.54, 1.807) is 0 Å². The first-order chi connectivity index (χ1) is 14.5. The number of esters is 2. The molecule has 0 unspecified atom stereocenters. The average Bonchev–Trinajstić information content (AvgIpc) is 2.97. The summed E-state index contributed by atoms with van der Waals surface area (Å²) in [7, 11) is 0. The largest absolute Gasteiger partial charge is 0.465 e. The van der Waals surface area contributed by atoms with Crippen LogP contribution in [-0.2, 0) is 19.1 Å². The van der Waals surface area contributed by atoms with E-state index in [1.165, 1.54) is 13.8 Å². The van der Waals surface area contributed by atoms with Gasteiger partial charge in [-0.1, -0.05) is 6.92 Å². The number of hydrogen-bond acceptors (Lipinski definition) is 6. The molecule has 0 aromatic heterocycles. The maximum atomic E-state index is 12.1. The van der Waals surface area contributed by atoms with Gasteiger partial charge in [-0.25, -0.2) is 0 Å². The molecule has 9 atom stereocenters. The van der Waals surface area contributed by atoms with Gasteiger partial charge in [0.05, 0.1) is 18.3 Å². The van der Waals surface area contributed by atoms with Crippen LogP contribution in [0, 0.1) is 34.5 Å². The van der Waals surface area contributed by atoms with E-state index in [-0.39, 0.29) is 46.6 Å². The van der Waals surface area contributed by atoms with Crippen molar-refractivity contribution in [3.8, 4) is 0 Å². The number of fused-ring (bicyclic) bond motifs is 5. The Hall–Kier alpha value is -1.14. The molecule has 31 heavy (non-hydrogen) atoms. The second-order valence-electron chi connectivity index (χ2n) is 11.3. The molecule has 4 aliphatic carbocycles. The van der Waals surface area contributed by atoms with E-state index in [1.807, 2.05) is 6.92 Å². The number of aliphatic hydroxyl groups excluding tert-OH is 1. The molecule has 4 saturated carbocycles. The fraction of sp³-hybridized carbons (Fsp3) is 0.920. The smallest absolute Gasteiger partial charge is 0.302 e. The van der Waals surface area contributed by atoms with Gasteiger partial charge in [-0.3, -0.25) is 9.59 Å². The fourth-order valence-corrected chi connectivity index (χ4v) is 8.66. The predicted molar refractivity (Wildman–Crippen MR) is 115 cm³/mol. The Kier molecular flexibility index (Phi) is 5.96. The van der Waals surface area contributed by atoms with Crippen molar-refractivity contribution >= 4 is 11.9 Å². The highest BCUT2D eigenvalue weighted by atomic mass is 16.5. The Bertz CT molecular complexity index is 721. The quantitative estimate of drug-likeness (QED) is 0.654. The van der Waals surface area contributed by atoms with Crippen molar-refractivity contribution in [2.45, 2.75) is 103 Å². The normalized spacial score (nSPS) is 47.5. The molecular formula is C25H40O6. The second kappa shape index (κ2) is 8.02. The van der Waals surface area contributed by atoms with Crippen molar-refractivity contribution in [2.24, 2.45) is 34.5 Å². The van der Waals surface area contributed by atoms with E-state index < -0.39 is 11.7 Å². The van der Waals surface area contributed by atoms with Crippen molar-refractivity contribution in [3.63, 3.8) is 0 Å². The van der Waals surface area contributed by atoms with E-state index in [0.717, 1.165) is 57.8 Å². The van der Waals surface area contributed by atoms with Crippen LogP contribution in [0.2, 0.25) is 0 Å². The Morgan fingerprint density at radius 1 is 1.00 bits per heavy atom. The Balaban J connectivity index is 1.65. The van der Waals surface area contributed by atoms with Crippen LogP contribution in [0.4, 0.5) is 0 Å². The van der Waals surface area contributed by atoms with Gasteiger partial charge in [0.1, 0.15) is 6.10 Å². The molecule has 6 heteroatoms. The van der Waals surface area contributed by atoms with Gasteiger partial charge < -0.3 is 19.7 Å². The lowest BCUT2D eigenvalue weighted by Crippen LogP contribution is -2.64. The van der Waals surface area contributed by atoms with Crippen LogP contribution in [0.25, 0.3) is 0 Å². The summed E-state index contributed by atoms with van der Waals surface area (Å²) in [6, 6.07) is 0. The molecule has 0 heterocycles. The van der Waals surface area contributed by atoms with Crippen molar-refractivity contribution in [1.29, 1.82) is 0 Å². The van der Waals surface area contributed by atoms with Crippen molar-refractivity contribution < 1.29 is 29.3 Å². The van der Waals surface area contributed by atoms with Crippen LogP contribution in [0.3, 0.4) is 0 Å². The minimum Gasteiger partial charge on any atom is -0.465 e. The summed E-state index contributed by atoms with van der Waals surface area (Å²) in [6.07, 6.45) is 7.37. The maximum absolute atomic E-state index is 12.1. The van der Waals surface area contributed by atoms with Gasteiger partial charge in [0.15, 0.2) is 0 Å². The highest BCUT2D eigenvalue weighted by Gasteiger charge is 2.68. The molecule has 0 aromatic carbocycles. The number of rotatable bonds is 4. The minimum atomic E-state index is -0.779. The van der Waals surface area contributed by atoms with E-state index in [4.69, 9.17) is 9.47 Å². The second-order valence-corrected chi connectivity index (χ2v) is 11.3. The molecule has 0 radical (unpaired) electrons. The summed E-state index contributed by atoms with van der Waals surface area (Å²) in [4.78, 5) is 23.3. The summed E-state index contributed by atoms with van der Waals surface area (Å²) in [5, 5.41) is 22.6. The molecular weight excluding hydrogens is 396 g/mol. The fourth-order valence-electron chi connectivity index (χ4n) is 8.66. The predicted octanol–water partition coefficient (Wildman–Crippen LogP) is 3.62. The van der Waals surface area contributed by atoms with E-state index in [9.17, 15) is 19.8 Å². The van der Waals surface area contributed by atoms with Crippen LogP contribution < -0.4 is 0 Å². The van der Waals surface area contributed by atoms with E-state index in [2.05, 4.69) is 6.92 Å². The van der Waals surface area contributed by atoms with Crippen molar-refractivity contribution in [3.05, 3.63) is 0 Å². The lowest BCUT2D eigenvalue weighted by atomic mass is 9.43. The molecule has 6 nitrogen and oxygen atoms in total.